The molecule has 3 aromatic carbocycles. The molecule has 0 unspecified atom stereocenters. The van der Waals surface area contributed by atoms with Crippen LogP contribution in [-0.4, -0.2) is 60.9 Å². The predicted molar refractivity (Wildman–Crippen MR) is 140 cm³/mol. The van der Waals surface area contributed by atoms with Crippen LogP contribution >= 0.6 is 0 Å². The summed E-state index contributed by atoms with van der Waals surface area (Å²) in [6, 6.07) is 8.74. The number of anilines is 1. The van der Waals surface area contributed by atoms with Gasteiger partial charge in [0.15, 0.2) is 0 Å². The van der Waals surface area contributed by atoms with Crippen LogP contribution in [0.2, 0.25) is 0 Å². The number of carboxylic acids is 1. The minimum atomic E-state index is -2.37. The lowest BCUT2D eigenvalue weighted by Crippen LogP contribution is -2.71. The maximum atomic E-state index is 13.9. The third kappa shape index (κ3) is 2.59. The smallest absolute Gasteiger partial charge is 0.335 e. The fourth-order valence-corrected chi connectivity index (χ4v) is 7.54. The highest BCUT2D eigenvalue weighted by Gasteiger charge is 2.73. The van der Waals surface area contributed by atoms with Gasteiger partial charge in [-0.1, -0.05) is 31.2 Å². The predicted octanol–water partition coefficient (Wildman–Crippen LogP) is 2.40. The first-order valence-electron chi connectivity index (χ1n) is 12.8. The Morgan fingerprint density at radius 3 is 2.02 bits per heavy atom. The van der Waals surface area contributed by atoms with Crippen molar-refractivity contribution in [1.29, 1.82) is 0 Å². The number of hydrogen-bond donors (Lipinski definition) is 7. The summed E-state index contributed by atoms with van der Waals surface area (Å²) < 4.78 is 5.61. The molecule has 0 saturated carbocycles. The van der Waals surface area contributed by atoms with Crippen LogP contribution in [0.15, 0.2) is 53.8 Å². The first kappa shape index (κ1) is 25.1. The van der Waals surface area contributed by atoms with Gasteiger partial charge in [-0.2, -0.15) is 0 Å². The fraction of sp³-hybridized carbons (Fsp3) is 0.233. The topological polar surface area (TPSA) is 194 Å². The number of aromatic hydroxyl groups is 3. The van der Waals surface area contributed by atoms with E-state index in [2.05, 4.69) is 5.32 Å². The van der Waals surface area contributed by atoms with Gasteiger partial charge in [0, 0.05) is 11.5 Å². The van der Waals surface area contributed by atoms with Crippen molar-refractivity contribution in [2.24, 2.45) is 5.92 Å². The van der Waals surface area contributed by atoms with Crippen molar-refractivity contribution in [3.05, 3.63) is 92.7 Å². The molecule has 208 valence electrons. The average molecular weight is 558 g/mol. The standard InChI is InChI=1S/C30H23NO10/c1-10-17(28(37)38)26(41-2)22-11-5-3-4-6-12(11)27-29(10,39)30(22,40)13-9-16(34)20-21(23(13)31-27)25(36)19-15(33)8-7-14(32)18(19)24(20)35/h3-10,22,27,31-34,39-40H,1-2H3,(H,37,38)/t10-,22+,27-,29+,30-/m0/s1. The number of benzene rings is 3. The van der Waals surface area contributed by atoms with Crippen molar-refractivity contribution in [3.8, 4) is 17.2 Å². The van der Waals surface area contributed by atoms with Crippen molar-refractivity contribution >= 4 is 23.2 Å². The van der Waals surface area contributed by atoms with Crippen LogP contribution in [-0.2, 0) is 15.1 Å². The van der Waals surface area contributed by atoms with E-state index in [1.54, 1.807) is 24.3 Å². The summed E-state index contributed by atoms with van der Waals surface area (Å²) in [6.45, 7) is 1.45. The van der Waals surface area contributed by atoms with Gasteiger partial charge in [0.2, 0.25) is 11.6 Å². The van der Waals surface area contributed by atoms with Gasteiger partial charge in [0.1, 0.15) is 34.2 Å². The summed E-state index contributed by atoms with van der Waals surface area (Å²) in [4.78, 5) is 40.0. The van der Waals surface area contributed by atoms with E-state index in [9.17, 15) is 45.0 Å². The van der Waals surface area contributed by atoms with Crippen LogP contribution in [0.4, 0.5) is 5.69 Å². The fourth-order valence-electron chi connectivity index (χ4n) is 7.54. The van der Waals surface area contributed by atoms with E-state index >= 15 is 0 Å². The number of phenols is 3. The van der Waals surface area contributed by atoms with Gasteiger partial charge >= 0.3 is 5.97 Å². The van der Waals surface area contributed by atoms with Crippen LogP contribution in [0.5, 0.6) is 17.2 Å². The normalized spacial score (nSPS) is 28.6. The maximum Gasteiger partial charge on any atom is 0.335 e. The first-order chi connectivity index (χ1) is 19.4. The lowest BCUT2D eigenvalue weighted by molar-refractivity contribution is -0.221. The van der Waals surface area contributed by atoms with E-state index < -0.39 is 80.6 Å². The van der Waals surface area contributed by atoms with Gasteiger partial charge in [-0.3, -0.25) is 9.59 Å². The van der Waals surface area contributed by atoms with Crippen molar-refractivity contribution in [1.82, 2.24) is 0 Å². The zero-order chi connectivity index (χ0) is 29.3. The largest absolute Gasteiger partial charge is 0.507 e. The molecule has 7 rings (SSSR count). The maximum absolute atomic E-state index is 13.9. The average Bonchev–Trinajstić information content (AvgIpc) is 2.93. The highest BCUT2D eigenvalue weighted by molar-refractivity contribution is 6.33. The molecular formula is C30H23NO10. The monoisotopic (exact) mass is 557 g/mol. The van der Waals surface area contributed by atoms with Gasteiger partial charge in [0.25, 0.3) is 0 Å². The third-order valence-corrected chi connectivity index (χ3v) is 9.23. The number of rotatable bonds is 2. The molecule has 4 aliphatic rings. The Hall–Kier alpha value is -4.87. The van der Waals surface area contributed by atoms with E-state index in [1.807, 2.05) is 0 Å². The molecule has 4 bridgehead atoms. The van der Waals surface area contributed by atoms with Gasteiger partial charge in [0.05, 0.1) is 52.6 Å². The number of fused-ring (bicyclic) bond motifs is 7. The molecule has 1 aliphatic heterocycles. The summed E-state index contributed by atoms with van der Waals surface area (Å²) in [5.74, 6) is -7.65. The van der Waals surface area contributed by atoms with Gasteiger partial charge in [-0.15, -0.1) is 0 Å². The second-order valence-corrected chi connectivity index (χ2v) is 10.8. The summed E-state index contributed by atoms with van der Waals surface area (Å²) >= 11 is 0. The van der Waals surface area contributed by atoms with E-state index in [0.717, 1.165) is 18.2 Å². The van der Waals surface area contributed by atoms with Crippen LogP contribution in [0.3, 0.4) is 0 Å². The third-order valence-electron chi connectivity index (χ3n) is 9.23. The van der Waals surface area contributed by atoms with Gasteiger partial charge < -0.3 is 40.7 Å². The SMILES string of the molecule is COC1=C(C(=O)O)[C@H](C)[C@@]2(O)[C@H]3Nc4c(cc(O)c5c4C(=O)c4c(O)ccc(O)c4C5=O)[C@]2(O)[C@@H]1c1ccccc13. The summed E-state index contributed by atoms with van der Waals surface area (Å²) in [6.07, 6.45) is 0. The van der Waals surface area contributed by atoms with Crippen LogP contribution in [0.1, 0.15) is 67.4 Å². The van der Waals surface area contributed by atoms with Gasteiger partial charge in [-0.25, -0.2) is 4.79 Å². The Balaban J connectivity index is 1.62. The number of nitrogens with one attached hydrogen (secondary N) is 1. The molecule has 1 heterocycles. The Bertz CT molecular complexity index is 1830. The minimum Gasteiger partial charge on any atom is -0.507 e. The Morgan fingerprint density at radius 2 is 1.44 bits per heavy atom. The number of aliphatic hydroxyl groups is 2. The molecule has 0 aromatic heterocycles. The molecule has 11 heteroatoms. The van der Waals surface area contributed by atoms with Gasteiger partial charge in [-0.05, 0) is 29.3 Å². The summed E-state index contributed by atoms with van der Waals surface area (Å²) in [5, 5.41) is 70.7. The number of carboxylic acid groups (broad SMARTS) is 1. The van der Waals surface area contributed by atoms with E-state index in [1.165, 1.54) is 14.0 Å². The molecule has 11 nitrogen and oxygen atoms in total. The number of aliphatic carboxylic acids is 1. The molecule has 0 saturated heterocycles. The molecule has 7 N–H and O–H groups in total. The highest BCUT2D eigenvalue weighted by Crippen LogP contribution is 2.69. The number of carbonyl (C=O) groups excluding carboxylic acids is 2. The molecule has 0 radical (unpaired) electrons. The first-order valence-corrected chi connectivity index (χ1v) is 12.8. The zero-order valence-electron chi connectivity index (χ0n) is 21.6. The second-order valence-electron chi connectivity index (χ2n) is 10.8. The van der Waals surface area contributed by atoms with Crippen LogP contribution in [0, 0.1) is 5.92 Å². The number of phenolic OH excluding ortho intramolecular Hbond substituents is 3. The van der Waals surface area contributed by atoms with Crippen molar-refractivity contribution < 1.29 is 49.8 Å². The van der Waals surface area contributed by atoms with Crippen molar-refractivity contribution in [2.75, 3.05) is 12.4 Å². The summed E-state index contributed by atoms with van der Waals surface area (Å²) in [5.41, 5.74) is -5.90. The van der Waals surface area contributed by atoms with Crippen LogP contribution in [0.25, 0.3) is 0 Å². The minimum absolute atomic E-state index is 0.0809. The molecule has 0 amide bonds. The zero-order valence-corrected chi connectivity index (χ0v) is 21.6. The number of methoxy groups -OCH3 is 1. The van der Waals surface area contributed by atoms with E-state index in [4.69, 9.17) is 4.74 Å². The molecule has 0 fully saturated rings. The molecule has 3 aromatic rings. The summed E-state index contributed by atoms with van der Waals surface area (Å²) in [7, 11) is 1.26. The number of ketones is 2. The Labute approximate surface area is 231 Å². The quantitative estimate of drug-likeness (QED) is 0.179. The number of hydrogen-bond acceptors (Lipinski definition) is 10. The molecule has 0 spiro atoms. The number of carbonyl (C=O) groups is 3. The van der Waals surface area contributed by atoms with Crippen molar-refractivity contribution in [2.45, 2.75) is 30.1 Å². The lowest BCUT2D eigenvalue weighted by Gasteiger charge is -2.63. The molecule has 41 heavy (non-hydrogen) atoms. The Kier molecular flexibility index (Phi) is 4.69. The van der Waals surface area contributed by atoms with E-state index in [-0.39, 0.29) is 28.1 Å². The van der Waals surface area contributed by atoms with Crippen molar-refractivity contribution in [3.63, 3.8) is 0 Å². The molecule has 5 atom stereocenters. The molecule has 3 aliphatic carbocycles. The van der Waals surface area contributed by atoms with E-state index in [0.29, 0.717) is 11.1 Å². The number of ether oxygens (including phenoxy) is 1. The lowest BCUT2D eigenvalue weighted by atomic mass is 9.48. The van der Waals surface area contributed by atoms with Crippen LogP contribution < -0.4 is 5.32 Å². The highest BCUT2D eigenvalue weighted by atomic mass is 16.5. The second kappa shape index (κ2) is 7.65. The molecular weight excluding hydrogens is 534 g/mol. The Morgan fingerprint density at radius 1 is 0.878 bits per heavy atom.